The molecule has 3 heterocycles. The zero-order chi connectivity index (χ0) is 22.2. The number of furan rings is 1. The van der Waals surface area contributed by atoms with Crippen LogP contribution in [0.25, 0.3) is 23.1 Å². The first-order valence-corrected chi connectivity index (χ1v) is 9.87. The van der Waals surface area contributed by atoms with Gasteiger partial charge in [0.15, 0.2) is 17.4 Å². The lowest BCUT2D eigenvalue weighted by atomic mass is 10.1. The number of hydrogen-bond acceptors (Lipinski definition) is 5. The normalized spacial score (nSPS) is 11.7. The Morgan fingerprint density at radius 1 is 1.06 bits per heavy atom. The Kier molecular flexibility index (Phi) is 5.31. The summed E-state index contributed by atoms with van der Waals surface area (Å²) in [4.78, 5) is 9.09. The maximum Gasteiger partial charge on any atom is 0.200 e. The highest BCUT2D eigenvalue weighted by atomic mass is 19.1. The Morgan fingerprint density at radius 3 is 2.39 bits per heavy atom. The van der Waals surface area contributed by atoms with Gasteiger partial charge in [0.2, 0.25) is 0 Å². The average molecular weight is 423 g/mol. The molecule has 0 bridgehead atoms. The molecule has 0 amide bonds. The molecule has 4 rings (SSSR count). The third kappa shape index (κ3) is 4.79. The van der Waals surface area contributed by atoms with E-state index < -0.39 is 11.6 Å². The molecule has 8 heteroatoms. The van der Waals surface area contributed by atoms with Crippen molar-refractivity contribution in [1.29, 1.82) is 0 Å². The summed E-state index contributed by atoms with van der Waals surface area (Å²) in [6.45, 7) is 8.22. The number of pyridine rings is 1. The van der Waals surface area contributed by atoms with Crippen LogP contribution in [0.4, 0.5) is 14.5 Å². The smallest absolute Gasteiger partial charge is 0.200 e. The van der Waals surface area contributed by atoms with Crippen molar-refractivity contribution in [2.24, 2.45) is 0 Å². The van der Waals surface area contributed by atoms with Crippen molar-refractivity contribution in [3.8, 4) is 23.1 Å². The van der Waals surface area contributed by atoms with Gasteiger partial charge >= 0.3 is 0 Å². The van der Waals surface area contributed by atoms with Crippen LogP contribution in [0.5, 0.6) is 0 Å². The Bertz CT molecular complexity index is 1190. The number of nitrogens with one attached hydrogen (secondary N) is 1. The molecule has 0 atom stereocenters. The highest BCUT2D eigenvalue weighted by molar-refractivity contribution is 5.59. The molecule has 0 aliphatic rings. The van der Waals surface area contributed by atoms with Crippen molar-refractivity contribution in [2.45, 2.75) is 39.8 Å². The molecule has 1 N–H and O–H groups in total. The molecule has 0 radical (unpaired) electrons. The first-order chi connectivity index (χ1) is 14.7. The van der Waals surface area contributed by atoms with E-state index in [0.29, 0.717) is 28.7 Å². The van der Waals surface area contributed by atoms with E-state index in [1.54, 1.807) is 17.1 Å². The summed E-state index contributed by atoms with van der Waals surface area (Å²) in [5.41, 5.74) is 2.68. The number of aryl methyl sites for hydroxylation is 1. The van der Waals surface area contributed by atoms with Gasteiger partial charge in [0, 0.05) is 11.6 Å². The Hall–Kier alpha value is -3.55. The van der Waals surface area contributed by atoms with Crippen LogP contribution in [0.3, 0.4) is 0 Å². The lowest BCUT2D eigenvalue weighted by Crippen LogP contribution is -2.26. The quantitative estimate of drug-likeness (QED) is 0.463. The summed E-state index contributed by atoms with van der Waals surface area (Å²) < 4.78 is 34.5. The SMILES string of the molecule is Cc1ccoc1-c1nc(-c2ccc(NC(C)(C)C)cn2)nn1Cc1cc(F)cc(F)c1. The Balaban J connectivity index is 1.72. The van der Waals surface area contributed by atoms with Gasteiger partial charge in [-0.3, -0.25) is 4.98 Å². The molecule has 0 unspecified atom stereocenters. The van der Waals surface area contributed by atoms with Crippen LogP contribution in [-0.4, -0.2) is 25.3 Å². The minimum absolute atomic E-state index is 0.0900. The molecule has 3 aromatic heterocycles. The van der Waals surface area contributed by atoms with Crippen LogP contribution in [-0.2, 0) is 6.54 Å². The first-order valence-electron chi connectivity index (χ1n) is 9.87. The molecule has 0 aliphatic heterocycles. The predicted molar refractivity (Wildman–Crippen MR) is 115 cm³/mol. The standard InChI is InChI=1S/C23H23F2N5O/c1-14-7-8-31-20(14)22-27-21(19-6-5-18(12-26-19)28-23(2,3)4)29-30(22)13-15-9-16(24)11-17(25)10-15/h5-12,28H,13H2,1-4H3. The van der Waals surface area contributed by atoms with Crippen molar-refractivity contribution in [2.75, 3.05) is 5.32 Å². The molecule has 6 nitrogen and oxygen atoms in total. The van der Waals surface area contributed by atoms with E-state index in [2.05, 4.69) is 41.2 Å². The fraction of sp³-hybridized carbons (Fsp3) is 0.261. The van der Waals surface area contributed by atoms with E-state index >= 15 is 0 Å². The topological polar surface area (TPSA) is 68.8 Å². The fourth-order valence-corrected chi connectivity index (χ4v) is 3.24. The number of nitrogens with zero attached hydrogens (tertiary/aromatic N) is 4. The second-order valence-electron chi connectivity index (χ2n) is 8.43. The van der Waals surface area contributed by atoms with E-state index in [1.165, 1.54) is 12.1 Å². The fourth-order valence-electron chi connectivity index (χ4n) is 3.24. The van der Waals surface area contributed by atoms with Gasteiger partial charge in [-0.1, -0.05) is 0 Å². The molecule has 0 spiro atoms. The van der Waals surface area contributed by atoms with Gasteiger partial charge in [0.25, 0.3) is 0 Å². The van der Waals surface area contributed by atoms with Crippen molar-refractivity contribution < 1.29 is 13.2 Å². The van der Waals surface area contributed by atoms with Gasteiger partial charge in [0.1, 0.15) is 17.3 Å². The zero-order valence-electron chi connectivity index (χ0n) is 17.8. The van der Waals surface area contributed by atoms with Gasteiger partial charge in [-0.15, -0.1) is 5.10 Å². The summed E-state index contributed by atoms with van der Waals surface area (Å²) in [7, 11) is 0. The largest absolute Gasteiger partial charge is 0.461 e. The third-order valence-corrected chi connectivity index (χ3v) is 4.50. The van der Waals surface area contributed by atoms with E-state index in [4.69, 9.17) is 4.42 Å². The molecule has 1 aromatic carbocycles. The predicted octanol–water partition coefficient (Wildman–Crippen LogP) is 5.45. The van der Waals surface area contributed by atoms with E-state index in [-0.39, 0.29) is 12.1 Å². The molecular formula is C23H23F2N5O. The number of rotatable bonds is 5. The molecule has 160 valence electrons. The summed E-state index contributed by atoms with van der Waals surface area (Å²) in [5, 5.41) is 7.91. The van der Waals surface area contributed by atoms with E-state index in [9.17, 15) is 8.78 Å². The van der Waals surface area contributed by atoms with Crippen LogP contribution < -0.4 is 5.32 Å². The molecule has 0 saturated carbocycles. The van der Waals surface area contributed by atoms with Crippen LogP contribution in [0.15, 0.2) is 53.3 Å². The highest BCUT2D eigenvalue weighted by Crippen LogP contribution is 2.27. The summed E-state index contributed by atoms with van der Waals surface area (Å²) in [5.74, 6) is 0.108. The molecule has 0 aliphatic carbocycles. The van der Waals surface area contributed by atoms with Gasteiger partial charge in [0.05, 0.1) is 24.7 Å². The minimum atomic E-state index is -0.644. The van der Waals surface area contributed by atoms with Crippen LogP contribution in [0, 0.1) is 18.6 Å². The summed E-state index contributed by atoms with van der Waals surface area (Å²) in [6.07, 6.45) is 3.29. The third-order valence-electron chi connectivity index (χ3n) is 4.50. The van der Waals surface area contributed by atoms with Crippen molar-refractivity contribution in [1.82, 2.24) is 19.7 Å². The van der Waals surface area contributed by atoms with Gasteiger partial charge < -0.3 is 9.73 Å². The molecule has 4 aromatic rings. The minimum Gasteiger partial charge on any atom is -0.461 e. The number of aromatic nitrogens is 4. The summed E-state index contributed by atoms with van der Waals surface area (Å²) >= 11 is 0. The van der Waals surface area contributed by atoms with Crippen LogP contribution >= 0.6 is 0 Å². The monoisotopic (exact) mass is 423 g/mol. The second kappa shape index (κ2) is 7.94. The van der Waals surface area contributed by atoms with Crippen LogP contribution in [0.2, 0.25) is 0 Å². The van der Waals surface area contributed by atoms with Gasteiger partial charge in [-0.05, 0) is 69.2 Å². The highest BCUT2D eigenvalue weighted by Gasteiger charge is 2.19. The average Bonchev–Trinajstić information content (AvgIpc) is 3.26. The number of hydrogen-bond donors (Lipinski definition) is 1. The maximum absolute atomic E-state index is 13.7. The van der Waals surface area contributed by atoms with Gasteiger partial charge in [-0.2, -0.15) is 0 Å². The Morgan fingerprint density at radius 2 is 1.81 bits per heavy atom. The van der Waals surface area contributed by atoms with Crippen molar-refractivity contribution in [3.63, 3.8) is 0 Å². The lowest BCUT2D eigenvalue weighted by Gasteiger charge is -2.21. The lowest BCUT2D eigenvalue weighted by molar-refractivity contribution is 0.560. The zero-order valence-corrected chi connectivity index (χ0v) is 17.8. The number of anilines is 1. The number of benzene rings is 1. The second-order valence-corrected chi connectivity index (χ2v) is 8.43. The van der Waals surface area contributed by atoms with E-state index in [1.807, 2.05) is 25.1 Å². The Labute approximate surface area is 179 Å². The van der Waals surface area contributed by atoms with E-state index in [0.717, 1.165) is 17.3 Å². The van der Waals surface area contributed by atoms with Crippen molar-refractivity contribution in [3.05, 3.63) is 71.6 Å². The number of halogens is 2. The van der Waals surface area contributed by atoms with Crippen LogP contribution in [0.1, 0.15) is 31.9 Å². The molecule has 0 fully saturated rings. The van der Waals surface area contributed by atoms with Gasteiger partial charge in [-0.25, -0.2) is 18.4 Å². The molecule has 31 heavy (non-hydrogen) atoms. The maximum atomic E-state index is 13.7. The summed E-state index contributed by atoms with van der Waals surface area (Å²) in [6, 6.07) is 8.94. The first kappa shape index (κ1) is 20.7. The molecule has 0 saturated heterocycles. The molecular weight excluding hydrogens is 400 g/mol. The van der Waals surface area contributed by atoms with Crippen molar-refractivity contribution >= 4 is 5.69 Å².